The van der Waals surface area contributed by atoms with E-state index in [9.17, 15) is 9.59 Å². The van der Waals surface area contributed by atoms with Crippen molar-refractivity contribution < 1.29 is 9.32 Å². The second-order valence-electron chi connectivity index (χ2n) is 5.91. The van der Waals surface area contributed by atoms with E-state index in [2.05, 4.69) is 20.4 Å². The van der Waals surface area contributed by atoms with Gasteiger partial charge in [0.2, 0.25) is 0 Å². The number of H-pyrrole nitrogens is 1. The maximum Gasteiger partial charge on any atom is 0.260 e. The van der Waals surface area contributed by atoms with Gasteiger partial charge in [-0.1, -0.05) is 5.16 Å². The third kappa shape index (κ3) is 3.34. The number of carbonyl (C=O) groups is 1. The first kappa shape index (κ1) is 15.5. The maximum absolute atomic E-state index is 12.2. The topological polar surface area (TPSA) is 91.2 Å². The number of nitrogens with zero attached hydrogens (tertiary/aromatic N) is 2. The molecule has 3 rings (SSSR count). The van der Waals surface area contributed by atoms with E-state index in [-0.39, 0.29) is 23.1 Å². The zero-order chi connectivity index (χ0) is 16.4. The monoisotopic (exact) mass is 316 g/mol. The van der Waals surface area contributed by atoms with Gasteiger partial charge in [0.15, 0.2) is 0 Å². The molecule has 1 aliphatic heterocycles. The lowest BCUT2D eigenvalue weighted by molar-refractivity contribution is 0.0936. The number of hydrogen-bond acceptors (Lipinski definition) is 5. The summed E-state index contributed by atoms with van der Waals surface area (Å²) in [4.78, 5) is 28.6. The predicted molar refractivity (Wildman–Crippen MR) is 84.2 cm³/mol. The van der Waals surface area contributed by atoms with Gasteiger partial charge < -0.3 is 14.8 Å². The number of aryl methyl sites for hydroxylation is 2. The number of rotatable bonds is 4. The van der Waals surface area contributed by atoms with E-state index in [1.807, 2.05) is 13.8 Å². The smallest absolute Gasteiger partial charge is 0.260 e. The Morgan fingerprint density at radius 2 is 2.35 bits per heavy atom. The minimum absolute atomic E-state index is 0.0441. The van der Waals surface area contributed by atoms with Crippen LogP contribution >= 0.6 is 0 Å². The molecule has 0 aromatic carbocycles. The van der Waals surface area contributed by atoms with Crippen LogP contribution < -0.4 is 10.9 Å². The van der Waals surface area contributed by atoms with Gasteiger partial charge in [0.1, 0.15) is 11.3 Å². The number of hydrogen-bond donors (Lipinski definition) is 2. The number of pyridine rings is 1. The molecule has 2 aromatic rings. The molecule has 0 bridgehead atoms. The molecule has 1 amide bonds. The minimum atomic E-state index is -0.365. The van der Waals surface area contributed by atoms with Gasteiger partial charge in [0.25, 0.3) is 11.5 Å². The van der Waals surface area contributed by atoms with Crippen molar-refractivity contribution in [1.82, 2.24) is 20.4 Å². The summed E-state index contributed by atoms with van der Waals surface area (Å²) in [5, 5.41) is 6.90. The summed E-state index contributed by atoms with van der Waals surface area (Å²) >= 11 is 0. The second kappa shape index (κ2) is 6.37. The molecule has 7 heteroatoms. The highest BCUT2D eigenvalue weighted by Gasteiger charge is 2.26. The van der Waals surface area contributed by atoms with Crippen molar-refractivity contribution in [3.8, 4) is 0 Å². The van der Waals surface area contributed by atoms with Crippen molar-refractivity contribution in [3.05, 3.63) is 51.3 Å². The Labute approximate surface area is 133 Å². The lowest BCUT2D eigenvalue weighted by atomic mass is 10.2. The third-order valence-electron chi connectivity index (χ3n) is 4.23. The van der Waals surface area contributed by atoms with Gasteiger partial charge in [-0.15, -0.1) is 0 Å². The molecule has 0 spiro atoms. The van der Waals surface area contributed by atoms with Crippen LogP contribution in [0.3, 0.4) is 0 Å². The van der Waals surface area contributed by atoms with Crippen molar-refractivity contribution in [3.63, 3.8) is 0 Å². The molecule has 7 nitrogen and oxygen atoms in total. The zero-order valence-electron chi connectivity index (χ0n) is 13.3. The van der Waals surface area contributed by atoms with Crippen LogP contribution in [0, 0.1) is 13.8 Å². The van der Waals surface area contributed by atoms with Crippen molar-refractivity contribution in [2.24, 2.45) is 0 Å². The minimum Gasteiger partial charge on any atom is -0.361 e. The van der Waals surface area contributed by atoms with E-state index in [1.54, 1.807) is 6.07 Å². The van der Waals surface area contributed by atoms with E-state index in [0.29, 0.717) is 0 Å². The van der Waals surface area contributed by atoms with Crippen molar-refractivity contribution in [1.29, 1.82) is 0 Å². The van der Waals surface area contributed by atoms with Gasteiger partial charge >= 0.3 is 0 Å². The fraction of sp³-hybridized carbons (Fsp3) is 0.438. The Hall–Kier alpha value is -2.41. The molecule has 0 aliphatic carbocycles. The fourth-order valence-electron chi connectivity index (χ4n) is 2.91. The van der Waals surface area contributed by atoms with Crippen LogP contribution in [0.1, 0.15) is 33.8 Å². The SMILES string of the molecule is Cc1noc(C)c1CN1CCC(NC(=O)c2ccc[nH]c2=O)C1. The third-order valence-corrected chi connectivity index (χ3v) is 4.23. The van der Waals surface area contributed by atoms with E-state index in [1.165, 1.54) is 12.3 Å². The van der Waals surface area contributed by atoms with Gasteiger partial charge in [-0.2, -0.15) is 0 Å². The van der Waals surface area contributed by atoms with Crippen LogP contribution in [0.5, 0.6) is 0 Å². The highest BCUT2D eigenvalue weighted by atomic mass is 16.5. The Balaban J connectivity index is 1.59. The summed E-state index contributed by atoms with van der Waals surface area (Å²) in [7, 11) is 0. The molecule has 0 saturated carbocycles. The Morgan fingerprint density at radius 3 is 3.04 bits per heavy atom. The molecular weight excluding hydrogens is 296 g/mol. The molecule has 0 radical (unpaired) electrons. The van der Waals surface area contributed by atoms with Gasteiger partial charge in [-0.25, -0.2) is 0 Å². The number of likely N-dealkylation sites (tertiary alicyclic amines) is 1. The number of carbonyl (C=O) groups excluding carboxylic acids is 1. The molecule has 1 atom stereocenters. The van der Waals surface area contributed by atoms with E-state index in [0.717, 1.165) is 43.1 Å². The first-order valence-electron chi connectivity index (χ1n) is 7.67. The Morgan fingerprint density at radius 1 is 1.52 bits per heavy atom. The molecular formula is C16H20N4O3. The fourth-order valence-corrected chi connectivity index (χ4v) is 2.91. The molecule has 23 heavy (non-hydrogen) atoms. The highest BCUT2D eigenvalue weighted by molar-refractivity contribution is 5.93. The molecule has 2 aromatic heterocycles. The molecule has 3 heterocycles. The van der Waals surface area contributed by atoms with Gasteiger partial charge in [0, 0.05) is 37.4 Å². The summed E-state index contributed by atoms with van der Waals surface area (Å²) in [5.74, 6) is 0.516. The number of aromatic nitrogens is 2. The maximum atomic E-state index is 12.2. The van der Waals surface area contributed by atoms with Crippen molar-refractivity contribution in [2.45, 2.75) is 32.9 Å². The zero-order valence-corrected chi connectivity index (χ0v) is 13.3. The molecule has 1 aliphatic rings. The average Bonchev–Trinajstić information content (AvgIpc) is 3.09. The lowest BCUT2D eigenvalue weighted by Crippen LogP contribution is -2.39. The summed E-state index contributed by atoms with van der Waals surface area (Å²) in [6, 6.07) is 3.22. The van der Waals surface area contributed by atoms with Gasteiger partial charge in [0.05, 0.1) is 5.69 Å². The largest absolute Gasteiger partial charge is 0.361 e. The van der Waals surface area contributed by atoms with Crippen LogP contribution in [0.15, 0.2) is 27.6 Å². The van der Waals surface area contributed by atoms with Crippen molar-refractivity contribution >= 4 is 5.91 Å². The van der Waals surface area contributed by atoms with Gasteiger partial charge in [-0.05, 0) is 32.4 Å². The summed E-state index contributed by atoms with van der Waals surface area (Å²) in [6.07, 6.45) is 2.37. The van der Waals surface area contributed by atoms with Crippen LogP contribution in [0.4, 0.5) is 0 Å². The summed E-state index contributed by atoms with van der Waals surface area (Å²) < 4.78 is 5.18. The number of amides is 1. The summed E-state index contributed by atoms with van der Waals surface area (Å²) in [5.41, 5.74) is 1.80. The van der Waals surface area contributed by atoms with Crippen LogP contribution in [-0.2, 0) is 6.54 Å². The highest BCUT2D eigenvalue weighted by Crippen LogP contribution is 2.18. The van der Waals surface area contributed by atoms with E-state index < -0.39 is 0 Å². The number of nitrogens with one attached hydrogen (secondary N) is 2. The molecule has 122 valence electrons. The first-order valence-corrected chi connectivity index (χ1v) is 7.67. The van der Waals surface area contributed by atoms with Crippen LogP contribution in [0.25, 0.3) is 0 Å². The first-order chi connectivity index (χ1) is 11.0. The average molecular weight is 316 g/mol. The summed E-state index contributed by atoms with van der Waals surface area (Å²) in [6.45, 7) is 6.25. The number of aromatic amines is 1. The van der Waals surface area contributed by atoms with E-state index in [4.69, 9.17) is 4.52 Å². The van der Waals surface area contributed by atoms with Crippen LogP contribution in [-0.4, -0.2) is 40.1 Å². The molecule has 1 unspecified atom stereocenters. The predicted octanol–water partition coefficient (Wildman–Crippen LogP) is 0.984. The Bertz CT molecular complexity index is 745. The van der Waals surface area contributed by atoms with Crippen molar-refractivity contribution in [2.75, 3.05) is 13.1 Å². The Kier molecular flexibility index (Phi) is 4.29. The van der Waals surface area contributed by atoms with E-state index >= 15 is 0 Å². The molecule has 1 fully saturated rings. The lowest BCUT2D eigenvalue weighted by Gasteiger charge is -2.16. The standard InChI is InChI=1S/C16H20N4O3/c1-10-14(11(2)23-19-10)9-20-7-5-12(8-20)18-16(22)13-4-3-6-17-15(13)21/h3-4,6,12H,5,7-9H2,1-2H3,(H,17,21)(H,18,22). The second-order valence-corrected chi connectivity index (χ2v) is 5.91. The molecule has 2 N–H and O–H groups in total. The van der Waals surface area contributed by atoms with Gasteiger partial charge in [-0.3, -0.25) is 14.5 Å². The quantitative estimate of drug-likeness (QED) is 0.877. The van der Waals surface area contributed by atoms with Crippen LogP contribution in [0.2, 0.25) is 0 Å². The molecule has 1 saturated heterocycles. The normalized spacial score (nSPS) is 18.3.